The van der Waals surface area contributed by atoms with E-state index in [2.05, 4.69) is 9.88 Å². The molecule has 0 saturated carbocycles. The fourth-order valence-corrected chi connectivity index (χ4v) is 2.67. The number of nitrogens with zero attached hydrogens (tertiary/aromatic N) is 2. The number of carboxylic acids is 1. The molecule has 1 fully saturated rings. The van der Waals surface area contributed by atoms with Gasteiger partial charge in [0.1, 0.15) is 0 Å². The molecule has 2 heterocycles. The third-order valence-corrected chi connectivity index (χ3v) is 3.68. The van der Waals surface area contributed by atoms with Gasteiger partial charge in [-0.1, -0.05) is 0 Å². The third kappa shape index (κ3) is 4.00. The number of likely N-dealkylation sites (tertiary alicyclic amines) is 1. The van der Waals surface area contributed by atoms with Gasteiger partial charge in [-0.3, -0.25) is 4.90 Å². The van der Waals surface area contributed by atoms with Gasteiger partial charge in [0.2, 0.25) is 0 Å². The van der Waals surface area contributed by atoms with Crippen LogP contribution in [0.4, 0.5) is 5.13 Å². The summed E-state index contributed by atoms with van der Waals surface area (Å²) in [4.78, 5) is 18.0. The van der Waals surface area contributed by atoms with Crippen molar-refractivity contribution in [3.8, 4) is 0 Å². The average molecular weight is 247 g/mol. The largest absolute Gasteiger partial charge is 1.00 e. The van der Waals surface area contributed by atoms with Gasteiger partial charge in [0.25, 0.3) is 0 Å². The first kappa shape index (κ1) is 14.5. The number of aliphatic carboxylic acids is 1. The molecule has 0 atom stereocenters. The van der Waals surface area contributed by atoms with E-state index in [1.165, 1.54) is 11.3 Å². The van der Waals surface area contributed by atoms with Crippen molar-refractivity contribution in [3.05, 3.63) is 11.1 Å². The summed E-state index contributed by atoms with van der Waals surface area (Å²) in [5.41, 5.74) is 5.55. The second kappa shape index (κ2) is 6.41. The predicted octanol–water partition coefficient (Wildman–Crippen LogP) is -3.31. The van der Waals surface area contributed by atoms with Crippen LogP contribution in [0.25, 0.3) is 0 Å². The fourth-order valence-electron chi connectivity index (χ4n) is 1.94. The maximum atomic E-state index is 10.7. The number of rotatable bonds is 3. The van der Waals surface area contributed by atoms with E-state index in [0.29, 0.717) is 18.0 Å². The smallest absolute Gasteiger partial charge is 0.550 e. The maximum absolute atomic E-state index is 10.7. The normalized spacial score (nSPS) is 17.6. The van der Waals surface area contributed by atoms with Crippen LogP contribution in [0, 0.1) is 5.92 Å². The molecule has 5 nitrogen and oxygen atoms in total. The molecule has 1 aliphatic rings. The van der Waals surface area contributed by atoms with Crippen LogP contribution in [-0.2, 0) is 11.3 Å². The van der Waals surface area contributed by atoms with E-state index in [4.69, 9.17) is 5.73 Å². The number of carbonyl (C=O) groups is 1. The molecular formula is C10H14LiN3O2S. The van der Waals surface area contributed by atoms with Gasteiger partial charge in [0.15, 0.2) is 5.13 Å². The fraction of sp³-hybridized carbons (Fsp3) is 0.600. The number of carboxylic acid groups (broad SMARTS) is 1. The Morgan fingerprint density at radius 1 is 1.59 bits per heavy atom. The number of hydrogen-bond donors (Lipinski definition) is 1. The SMILES string of the molecule is Nc1ncc(CN2CCC(C(=O)[O-])CC2)s1.[Li+]. The zero-order chi connectivity index (χ0) is 11.5. The zero-order valence-corrected chi connectivity index (χ0v) is 10.7. The molecule has 1 aliphatic heterocycles. The van der Waals surface area contributed by atoms with Crippen molar-refractivity contribution in [2.24, 2.45) is 5.92 Å². The summed E-state index contributed by atoms with van der Waals surface area (Å²) in [5, 5.41) is 11.3. The van der Waals surface area contributed by atoms with Crippen LogP contribution in [0.15, 0.2) is 6.20 Å². The molecule has 0 bridgehead atoms. The Labute approximate surface area is 116 Å². The van der Waals surface area contributed by atoms with Crippen molar-refractivity contribution in [2.45, 2.75) is 19.4 Å². The Hall–Kier alpha value is -0.543. The second-order valence-electron chi connectivity index (χ2n) is 4.03. The quantitative estimate of drug-likeness (QED) is 0.566. The van der Waals surface area contributed by atoms with Crippen LogP contribution in [0.1, 0.15) is 17.7 Å². The van der Waals surface area contributed by atoms with Crippen LogP contribution in [0.2, 0.25) is 0 Å². The van der Waals surface area contributed by atoms with Crippen molar-refractivity contribution in [1.29, 1.82) is 0 Å². The van der Waals surface area contributed by atoms with Crippen molar-refractivity contribution in [3.63, 3.8) is 0 Å². The number of aromatic nitrogens is 1. The molecule has 2 N–H and O–H groups in total. The molecule has 0 amide bonds. The molecule has 2 rings (SSSR count). The van der Waals surface area contributed by atoms with Crippen molar-refractivity contribution < 1.29 is 28.8 Å². The summed E-state index contributed by atoms with van der Waals surface area (Å²) >= 11 is 1.48. The van der Waals surface area contributed by atoms with Gasteiger partial charge < -0.3 is 15.6 Å². The molecular weight excluding hydrogens is 233 g/mol. The molecule has 17 heavy (non-hydrogen) atoms. The van der Waals surface area contributed by atoms with E-state index in [0.717, 1.165) is 24.5 Å². The Balaban J connectivity index is 0.00000144. The number of carbonyl (C=O) groups excluding carboxylic acids is 1. The van der Waals surface area contributed by atoms with Crippen molar-refractivity contribution >= 4 is 22.4 Å². The first-order valence-electron chi connectivity index (χ1n) is 5.28. The van der Waals surface area contributed by atoms with Crippen LogP contribution in [-0.4, -0.2) is 28.9 Å². The molecule has 1 aromatic rings. The first-order chi connectivity index (χ1) is 7.65. The molecule has 0 radical (unpaired) electrons. The number of piperidine rings is 1. The topological polar surface area (TPSA) is 82.3 Å². The number of hydrogen-bond acceptors (Lipinski definition) is 6. The molecule has 0 aromatic carbocycles. The zero-order valence-electron chi connectivity index (χ0n) is 9.89. The van der Waals surface area contributed by atoms with E-state index >= 15 is 0 Å². The number of thiazole rings is 1. The predicted molar refractivity (Wildman–Crippen MR) is 59.5 cm³/mol. The van der Waals surface area contributed by atoms with E-state index in [1.807, 2.05) is 0 Å². The third-order valence-electron chi connectivity index (χ3n) is 2.87. The standard InChI is InChI=1S/C10H15N3O2S.Li/c11-10-12-5-8(16-10)6-13-3-1-7(2-4-13)9(14)15;/h5,7H,1-4,6H2,(H2,11,12)(H,14,15);/q;+1/p-1. The van der Waals surface area contributed by atoms with Gasteiger partial charge in [-0.05, 0) is 25.9 Å². The summed E-state index contributed by atoms with van der Waals surface area (Å²) < 4.78 is 0. The number of nitrogen functional groups attached to an aromatic ring is 1. The van der Waals surface area contributed by atoms with E-state index in [9.17, 15) is 9.90 Å². The van der Waals surface area contributed by atoms with Crippen LogP contribution in [0.3, 0.4) is 0 Å². The minimum absolute atomic E-state index is 0. The summed E-state index contributed by atoms with van der Waals surface area (Å²) in [7, 11) is 0. The first-order valence-corrected chi connectivity index (χ1v) is 6.10. The minimum Gasteiger partial charge on any atom is -0.550 e. The van der Waals surface area contributed by atoms with Gasteiger partial charge in [0, 0.05) is 29.5 Å². The van der Waals surface area contributed by atoms with Gasteiger partial charge >= 0.3 is 18.9 Å². The second-order valence-corrected chi connectivity index (χ2v) is 5.18. The summed E-state index contributed by atoms with van der Waals surface area (Å²) in [5.74, 6) is -1.19. The van der Waals surface area contributed by atoms with E-state index in [1.54, 1.807) is 6.20 Å². The van der Waals surface area contributed by atoms with Crippen molar-refractivity contribution in [2.75, 3.05) is 18.8 Å². The molecule has 0 spiro atoms. The Bertz CT molecular complexity index is 377. The van der Waals surface area contributed by atoms with E-state index < -0.39 is 5.97 Å². The molecule has 1 saturated heterocycles. The van der Waals surface area contributed by atoms with Gasteiger partial charge in [-0.2, -0.15) is 0 Å². The molecule has 88 valence electrons. The van der Waals surface area contributed by atoms with E-state index in [-0.39, 0.29) is 24.8 Å². The monoisotopic (exact) mass is 247 g/mol. The maximum Gasteiger partial charge on any atom is 1.00 e. The average Bonchev–Trinajstić information content (AvgIpc) is 2.65. The molecule has 0 aliphatic carbocycles. The molecule has 1 aromatic heterocycles. The summed E-state index contributed by atoms with van der Waals surface area (Å²) in [6.45, 7) is 2.42. The number of anilines is 1. The Morgan fingerprint density at radius 2 is 2.24 bits per heavy atom. The minimum atomic E-state index is -0.915. The summed E-state index contributed by atoms with van der Waals surface area (Å²) in [6.07, 6.45) is 3.14. The van der Waals surface area contributed by atoms with Gasteiger partial charge in [-0.25, -0.2) is 4.98 Å². The number of nitrogens with two attached hydrogens (primary N) is 1. The summed E-state index contributed by atoms with van der Waals surface area (Å²) in [6, 6.07) is 0. The van der Waals surface area contributed by atoms with Crippen molar-refractivity contribution in [1.82, 2.24) is 9.88 Å². The Kier molecular flexibility index (Phi) is 5.47. The van der Waals surface area contributed by atoms with Crippen LogP contribution in [0.5, 0.6) is 0 Å². The van der Waals surface area contributed by atoms with Gasteiger partial charge in [0.05, 0.1) is 0 Å². The Morgan fingerprint density at radius 3 is 2.71 bits per heavy atom. The van der Waals surface area contributed by atoms with Gasteiger partial charge in [-0.15, -0.1) is 11.3 Å². The molecule has 7 heteroatoms. The van der Waals surface area contributed by atoms with Crippen LogP contribution < -0.4 is 29.7 Å². The molecule has 0 unspecified atom stereocenters. The van der Waals surface area contributed by atoms with Crippen LogP contribution >= 0.6 is 11.3 Å².